The van der Waals surface area contributed by atoms with Crippen molar-refractivity contribution < 1.29 is 17.9 Å². The van der Waals surface area contributed by atoms with Gasteiger partial charge in [-0.2, -0.15) is 0 Å². The van der Waals surface area contributed by atoms with Crippen molar-refractivity contribution in [2.24, 2.45) is 0 Å². The van der Waals surface area contributed by atoms with E-state index in [9.17, 15) is 13.2 Å². The van der Waals surface area contributed by atoms with E-state index in [1.165, 1.54) is 25.3 Å². The van der Waals surface area contributed by atoms with Crippen LogP contribution in [0.1, 0.15) is 28.4 Å². The Morgan fingerprint density at radius 2 is 1.80 bits per heavy atom. The Kier molecular flexibility index (Phi) is 6.37. The highest BCUT2D eigenvalue weighted by Crippen LogP contribution is 2.27. The third kappa shape index (κ3) is 4.96. The van der Waals surface area contributed by atoms with Gasteiger partial charge in [0.05, 0.1) is 7.11 Å². The molecular formula is C22H23N3O4S. The number of hydrogen-bond acceptors (Lipinski definition) is 5. The number of ether oxygens (including phenoxy) is 1. The summed E-state index contributed by atoms with van der Waals surface area (Å²) in [7, 11) is -2.61. The molecule has 1 amide bonds. The molecular weight excluding hydrogens is 402 g/mol. The highest BCUT2D eigenvalue weighted by atomic mass is 32.2. The molecule has 156 valence electrons. The van der Waals surface area contributed by atoms with E-state index < -0.39 is 15.9 Å². The summed E-state index contributed by atoms with van der Waals surface area (Å²) in [5.41, 5.74) is 2.63. The number of sulfonamides is 1. The third-order valence-corrected chi connectivity index (χ3v) is 5.89. The van der Waals surface area contributed by atoms with Crippen LogP contribution >= 0.6 is 0 Å². The molecule has 7 nitrogen and oxygen atoms in total. The van der Waals surface area contributed by atoms with Crippen LogP contribution in [-0.2, 0) is 16.4 Å². The van der Waals surface area contributed by atoms with E-state index in [1.54, 1.807) is 24.4 Å². The molecule has 3 rings (SSSR count). The Hall–Kier alpha value is -3.39. The minimum Gasteiger partial charge on any atom is -0.495 e. The van der Waals surface area contributed by atoms with E-state index in [1.807, 2.05) is 32.0 Å². The number of aromatic nitrogens is 1. The molecule has 0 saturated carbocycles. The zero-order valence-electron chi connectivity index (χ0n) is 17.0. The van der Waals surface area contributed by atoms with Crippen molar-refractivity contribution in [1.29, 1.82) is 0 Å². The Labute approximate surface area is 176 Å². The molecule has 1 aromatic heterocycles. The Balaban J connectivity index is 1.90. The van der Waals surface area contributed by atoms with Gasteiger partial charge in [-0.05, 0) is 66.9 Å². The largest absolute Gasteiger partial charge is 0.495 e. The highest BCUT2D eigenvalue weighted by Gasteiger charge is 2.22. The molecule has 0 atom stereocenters. The number of anilines is 2. The first-order valence-electron chi connectivity index (χ1n) is 9.36. The lowest BCUT2D eigenvalue weighted by Crippen LogP contribution is -2.17. The van der Waals surface area contributed by atoms with Gasteiger partial charge >= 0.3 is 0 Å². The fraction of sp³-hybridized carbons (Fsp3) is 0.182. The first-order valence-corrected chi connectivity index (χ1v) is 10.8. The molecule has 8 heteroatoms. The molecule has 0 saturated heterocycles. The first-order chi connectivity index (χ1) is 14.3. The Morgan fingerprint density at radius 3 is 2.43 bits per heavy atom. The highest BCUT2D eigenvalue weighted by molar-refractivity contribution is 7.92. The monoisotopic (exact) mass is 425 g/mol. The molecule has 2 aromatic carbocycles. The van der Waals surface area contributed by atoms with Gasteiger partial charge in [0.25, 0.3) is 15.9 Å². The Morgan fingerprint density at radius 1 is 1.07 bits per heavy atom. The third-order valence-electron chi connectivity index (χ3n) is 4.49. The standard InChI is InChI=1S/C22H23N3O4S/c1-4-16-5-8-18(9-6-16)25-30(27,28)20-14-17(7-10-19(20)29-3)22(26)24-21-13-15(2)11-12-23-21/h5-14,25H,4H2,1-3H3,(H,23,24,26). The fourth-order valence-electron chi connectivity index (χ4n) is 2.84. The number of methoxy groups -OCH3 is 1. The molecule has 0 aliphatic rings. The van der Waals surface area contributed by atoms with Gasteiger partial charge < -0.3 is 10.1 Å². The second kappa shape index (κ2) is 8.96. The van der Waals surface area contributed by atoms with E-state index in [0.717, 1.165) is 17.5 Å². The molecule has 30 heavy (non-hydrogen) atoms. The van der Waals surface area contributed by atoms with E-state index in [2.05, 4.69) is 15.0 Å². The quantitative estimate of drug-likeness (QED) is 0.596. The van der Waals surface area contributed by atoms with E-state index in [4.69, 9.17) is 4.74 Å². The number of nitrogens with one attached hydrogen (secondary N) is 2. The lowest BCUT2D eigenvalue weighted by molar-refractivity contribution is 0.102. The maximum Gasteiger partial charge on any atom is 0.265 e. The smallest absolute Gasteiger partial charge is 0.265 e. The average molecular weight is 426 g/mol. The van der Waals surface area contributed by atoms with Gasteiger partial charge in [0.2, 0.25) is 0 Å². The normalized spacial score (nSPS) is 11.0. The van der Waals surface area contributed by atoms with Gasteiger partial charge in [-0.25, -0.2) is 13.4 Å². The van der Waals surface area contributed by atoms with Gasteiger partial charge in [0, 0.05) is 17.4 Å². The average Bonchev–Trinajstić information content (AvgIpc) is 2.73. The van der Waals surface area contributed by atoms with Gasteiger partial charge in [0.1, 0.15) is 16.5 Å². The summed E-state index contributed by atoms with van der Waals surface area (Å²) in [6, 6.07) is 14.9. The molecule has 0 unspecified atom stereocenters. The summed E-state index contributed by atoms with van der Waals surface area (Å²) < 4.78 is 33.7. The maximum atomic E-state index is 13.0. The number of pyridine rings is 1. The van der Waals surface area contributed by atoms with Crippen molar-refractivity contribution >= 4 is 27.4 Å². The minimum absolute atomic E-state index is 0.130. The lowest BCUT2D eigenvalue weighted by Gasteiger charge is -2.13. The van der Waals surface area contributed by atoms with E-state index in [-0.39, 0.29) is 16.2 Å². The molecule has 0 aliphatic carbocycles. The van der Waals surface area contributed by atoms with Gasteiger partial charge in [-0.1, -0.05) is 19.1 Å². The van der Waals surface area contributed by atoms with Crippen LogP contribution in [0, 0.1) is 6.92 Å². The van der Waals surface area contributed by atoms with E-state index in [0.29, 0.717) is 11.5 Å². The van der Waals surface area contributed by atoms with Crippen molar-refractivity contribution in [3.8, 4) is 5.75 Å². The van der Waals surface area contributed by atoms with Gasteiger partial charge in [-0.3, -0.25) is 9.52 Å². The van der Waals surface area contributed by atoms with Crippen LogP contribution in [0.25, 0.3) is 0 Å². The summed E-state index contributed by atoms with van der Waals surface area (Å²) >= 11 is 0. The number of nitrogens with zero attached hydrogens (tertiary/aromatic N) is 1. The van der Waals surface area contributed by atoms with Crippen molar-refractivity contribution in [3.05, 3.63) is 77.5 Å². The second-order valence-corrected chi connectivity index (χ2v) is 8.34. The van der Waals surface area contributed by atoms with Crippen LogP contribution in [0.15, 0.2) is 65.7 Å². The van der Waals surface area contributed by atoms with Crippen LogP contribution in [0.3, 0.4) is 0 Å². The zero-order chi connectivity index (χ0) is 21.7. The van der Waals surface area contributed by atoms with Crippen molar-refractivity contribution in [1.82, 2.24) is 4.98 Å². The lowest BCUT2D eigenvalue weighted by atomic mass is 10.2. The summed E-state index contributed by atoms with van der Waals surface area (Å²) in [5.74, 6) is 0.0479. The Bertz CT molecular complexity index is 1160. The number of benzene rings is 2. The number of carbonyl (C=O) groups excluding carboxylic acids is 1. The number of hydrogen-bond donors (Lipinski definition) is 2. The zero-order valence-corrected chi connectivity index (χ0v) is 17.8. The van der Waals surface area contributed by atoms with Crippen LogP contribution in [-0.4, -0.2) is 26.4 Å². The molecule has 0 aliphatic heterocycles. The van der Waals surface area contributed by atoms with Crippen molar-refractivity contribution in [3.63, 3.8) is 0 Å². The molecule has 0 spiro atoms. The van der Waals surface area contributed by atoms with Gasteiger partial charge in [-0.15, -0.1) is 0 Å². The molecule has 2 N–H and O–H groups in total. The second-order valence-electron chi connectivity index (χ2n) is 6.69. The maximum absolute atomic E-state index is 13.0. The van der Waals surface area contributed by atoms with Crippen molar-refractivity contribution in [2.45, 2.75) is 25.2 Å². The minimum atomic E-state index is -3.98. The topological polar surface area (TPSA) is 97.4 Å². The summed E-state index contributed by atoms with van der Waals surface area (Å²) in [6.45, 7) is 3.90. The molecule has 0 bridgehead atoms. The predicted molar refractivity (Wildman–Crippen MR) is 117 cm³/mol. The first kappa shape index (κ1) is 21.3. The molecule has 3 aromatic rings. The van der Waals surface area contributed by atoms with Crippen LogP contribution < -0.4 is 14.8 Å². The number of carbonyl (C=O) groups is 1. The van der Waals surface area contributed by atoms with Crippen LogP contribution in [0.4, 0.5) is 11.5 Å². The van der Waals surface area contributed by atoms with Crippen molar-refractivity contribution in [2.75, 3.05) is 17.1 Å². The summed E-state index contributed by atoms with van der Waals surface area (Å²) in [5, 5.41) is 2.67. The number of amides is 1. The van der Waals surface area contributed by atoms with Gasteiger partial charge in [0.15, 0.2) is 0 Å². The molecule has 0 radical (unpaired) electrons. The fourth-order valence-corrected chi connectivity index (χ4v) is 4.09. The molecule has 0 fully saturated rings. The SMILES string of the molecule is CCc1ccc(NS(=O)(=O)c2cc(C(=O)Nc3cc(C)ccn3)ccc2OC)cc1. The van der Waals surface area contributed by atoms with Crippen LogP contribution in [0.5, 0.6) is 5.75 Å². The van der Waals surface area contributed by atoms with E-state index >= 15 is 0 Å². The molecule has 1 heterocycles. The number of rotatable bonds is 7. The summed E-state index contributed by atoms with van der Waals surface area (Å²) in [6.07, 6.45) is 2.44. The van der Waals surface area contributed by atoms with Crippen LogP contribution in [0.2, 0.25) is 0 Å². The predicted octanol–water partition coefficient (Wildman–Crippen LogP) is 4.01. The summed E-state index contributed by atoms with van der Waals surface area (Å²) in [4.78, 5) is 16.6. The number of aryl methyl sites for hydroxylation is 2.